The molecule has 0 saturated heterocycles. The highest BCUT2D eigenvalue weighted by atomic mass is 16.5. The first kappa shape index (κ1) is 15.4. The summed E-state index contributed by atoms with van der Waals surface area (Å²) in [4.78, 5) is 0. The van der Waals surface area contributed by atoms with Gasteiger partial charge in [-0.25, -0.2) is 0 Å². The lowest BCUT2D eigenvalue weighted by molar-refractivity contribution is 0.242. The number of hydrogen-bond donors (Lipinski definition) is 0. The Bertz CT molecular complexity index is 544. The first-order valence-electron chi connectivity index (χ1n) is 7.60. The molecule has 0 aliphatic carbocycles. The third-order valence-electron chi connectivity index (χ3n) is 3.08. The molecule has 0 aliphatic rings. The van der Waals surface area contributed by atoms with Crippen LogP contribution in [0.3, 0.4) is 0 Å². The molecule has 0 unspecified atom stereocenters. The molecule has 2 aromatic rings. The summed E-state index contributed by atoms with van der Waals surface area (Å²) < 4.78 is 11.4. The van der Waals surface area contributed by atoms with Gasteiger partial charge in [-0.2, -0.15) is 0 Å². The van der Waals surface area contributed by atoms with Gasteiger partial charge >= 0.3 is 0 Å². The second-order valence-corrected chi connectivity index (χ2v) is 5.33. The number of unbranched alkanes of at least 4 members (excludes halogenated alkanes) is 1. The van der Waals surface area contributed by atoms with Crippen LogP contribution in [0.4, 0.5) is 0 Å². The standard InChI is InChI=1S/C19H23O2/c1-4-5-13-20-19-8-6-7-17(14-19)16-9-11-18(12-10-16)21-15(2)3/h6,8-12,14-15H,4-5,13H2,1-3H3. The lowest BCUT2D eigenvalue weighted by Crippen LogP contribution is -2.05. The molecule has 0 fully saturated rings. The van der Waals surface area contributed by atoms with Gasteiger partial charge in [0, 0.05) is 0 Å². The Balaban J connectivity index is 2.08. The summed E-state index contributed by atoms with van der Waals surface area (Å²) in [6.07, 6.45) is 2.41. The van der Waals surface area contributed by atoms with Gasteiger partial charge in [-0.05, 0) is 61.7 Å². The topological polar surface area (TPSA) is 18.5 Å². The van der Waals surface area contributed by atoms with E-state index in [9.17, 15) is 0 Å². The van der Waals surface area contributed by atoms with Gasteiger partial charge in [-0.15, -0.1) is 0 Å². The predicted octanol–water partition coefficient (Wildman–Crippen LogP) is 5.12. The van der Waals surface area contributed by atoms with Crippen LogP contribution < -0.4 is 9.47 Å². The average Bonchev–Trinajstić information content (AvgIpc) is 2.48. The van der Waals surface area contributed by atoms with E-state index in [-0.39, 0.29) is 6.10 Å². The van der Waals surface area contributed by atoms with E-state index in [1.165, 1.54) is 0 Å². The van der Waals surface area contributed by atoms with Crippen molar-refractivity contribution >= 4 is 0 Å². The quantitative estimate of drug-likeness (QED) is 0.657. The van der Waals surface area contributed by atoms with Crippen LogP contribution in [0.25, 0.3) is 11.1 Å². The summed E-state index contributed by atoms with van der Waals surface area (Å²) in [6.45, 7) is 6.98. The molecule has 0 spiro atoms. The van der Waals surface area contributed by atoms with Crippen LogP contribution >= 0.6 is 0 Å². The highest BCUT2D eigenvalue weighted by Gasteiger charge is 2.02. The van der Waals surface area contributed by atoms with Crippen molar-refractivity contribution in [2.75, 3.05) is 6.61 Å². The first-order chi connectivity index (χ1) is 10.2. The number of rotatable bonds is 7. The van der Waals surface area contributed by atoms with Gasteiger partial charge in [0.1, 0.15) is 11.5 Å². The zero-order valence-corrected chi connectivity index (χ0v) is 13.1. The third kappa shape index (κ3) is 4.82. The molecule has 0 saturated carbocycles. The Hall–Kier alpha value is -1.96. The molecule has 0 heterocycles. The van der Waals surface area contributed by atoms with E-state index < -0.39 is 0 Å². The van der Waals surface area contributed by atoms with Crippen LogP contribution in [0, 0.1) is 6.07 Å². The minimum atomic E-state index is 0.192. The van der Waals surface area contributed by atoms with Crippen LogP contribution in [0.5, 0.6) is 11.5 Å². The Labute approximate surface area is 127 Å². The molecular formula is C19H23O2. The minimum Gasteiger partial charge on any atom is -0.494 e. The monoisotopic (exact) mass is 283 g/mol. The van der Waals surface area contributed by atoms with Crippen molar-refractivity contribution in [3.8, 4) is 22.6 Å². The largest absolute Gasteiger partial charge is 0.494 e. The van der Waals surface area contributed by atoms with Gasteiger partial charge in [-0.1, -0.05) is 31.5 Å². The maximum atomic E-state index is 5.74. The van der Waals surface area contributed by atoms with Crippen molar-refractivity contribution in [3.05, 3.63) is 48.5 Å². The minimum absolute atomic E-state index is 0.192. The number of ether oxygens (including phenoxy) is 2. The van der Waals surface area contributed by atoms with E-state index in [1.54, 1.807) is 0 Å². The van der Waals surface area contributed by atoms with Crippen LogP contribution in [0.2, 0.25) is 0 Å². The summed E-state index contributed by atoms with van der Waals surface area (Å²) in [5.41, 5.74) is 2.16. The van der Waals surface area contributed by atoms with E-state index in [0.29, 0.717) is 0 Å². The van der Waals surface area contributed by atoms with Gasteiger partial charge in [-0.3, -0.25) is 0 Å². The fourth-order valence-electron chi connectivity index (χ4n) is 2.02. The maximum absolute atomic E-state index is 5.74. The van der Waals surface area contributed by atoms with Gasteiger partial charge in [0.15, 0.2) is 0 Å². The van der Waals surface area contributed by atoms with E-state index in [4.69, 9.17) is 9.47 Å². The van der Waals surface area contributed by atoms with Crippen molar-refractivity contribution in [1.82, 2.24) is 0 Å². The maximum Gasteiger partial charge on any atom is 0.119 e. The molecule has 0 amide bonds. The molecule has 1 radical (unpaired) electrons. The lowest BCUT2D eigenvalue weighted by atomic mass is 10.1. The Morgan fingerprint density at radius 3 is 2.48 bits per heavy atom. The predicted molar refractivity (Wildman–Crippen MR) is 86.9 cm³/mol. The Morgan fingerprint density at radius 1 is 1.05 bits per heavy atom. The summed E-state index contributed by atoms with van der Waals surface area (Å²) in [6, 6.07) is 17.3. The highest BCUT2D eigenvalue weighted by molar-refractivity contribution is 5.65. The molecular weight excluding hydrogens is 260 g/mol. The van der Waals surface area contributed by atoms with Gasteiger partial charge in [0.2, 0.25) is 0 Å². The summed E-state index contributed by atoms with van der Waals surface area (Å²) in [7, 11) is 0. The molecule has 2 aromatic carbocycles. The van der Waals surface area contributed by atoms with Crippen molar-refractivity contribution in [2.24, 2.45) is 0 Å². The molecule has 111 valence electrons. The summed E-state index contributed by atoms with van der Waals surface area (Å²) >= 11 is 0. The van der Waals surface area contributed by atoms with E-state index in [2.05, 4.69) is 25.1 Å². The van der Waals surface area contributed by atoms with E-state index in [0.717, 1.165) is 42.1 Å². The van der Waals surface area contributed by atoms with E-state index in [1.807, 2.05) is 44.2 Å². The molecule has 2 nitrogen and oxygen atoms in total. The molecule has 0 aromatic heterocycles. The average molecular weight is 283 g/mol. The van der Waals surface area contributed by atoms with Crippen molar-refractivity contribution in [2.45, 2.75) is 39.7 Å². The lowest BCUT2D eigenvalue weighted by Gasteiger charge is -2.11. The number of benzene rings is 2. The Morgan fingerprint density at radius 2 is 1.81 bits per heavy atom. The van der Waals surface area contributed by atoms with Crippen LogP contribution in [-0.2, 0) is 0 Å². The third-order valence-corrected chi connectivity index (χ3v) is 3.08. The molecule has 21 heavy (non-hydrogen) atoms. The number of hydrogen-bond acceptors (Lipinski definition) is 2. The Kier molecular flexibility index (Phi) is 5.68. The fourth-order valence-corrected chi connectivity index (χ4v) is 2.02. The molecule has 0 aliphatic heterocycles. The SMILES string of the molecule is CCCCOc1cc[c]c(-c2ccc(OC(C)C)cc2)c1. The first-order valence-corrected chi connectivity index (χ1v) is 7.60. The molecule has 0 atom stereocenters. The van der Waals surface area contributed by atoms with Crippen LogP contribution in [0.15, 0.2) is 42.5 Å². The van der Waals surface area contributed by atoms with Gasteiger partial charge in [0.05, 0.1) is 12.7 Å². The van der Waals surface area contributed by atoms with Gasteiger partial charge in [0.25, 0.3) is 0 Å². The normalized spacial score (nSPS) is 10.7. The van der Waals surface area contributed by atoms with Crippen LogP contribution in [-0.4, -0.2) is 12.7 Å². The van der Waals surface area contributed by atoms with Gasteiger partial charge < -0.3 is 9.47 Å². The zero-order valence-electron chi connectivity index (χ0n) is 13.1. The highest BCUT2D eigenvalue weighted by Crippen LogP contribution is 2.25. The molecule has 0 bridgehead atoms. The fraction of sp³-hybridized carbons (Fsp3) is 0.368. The summed E-state index contributed by atoms with van der Waals surface area (Å²) in [5, 5.41) is 0. The van der Waals surface area contributed by atoms with Crippen molar-refractivity contribution < 1.29 is 9.47 Å². The van der Waals surface area contributed by atoms with Crippen molar-refractivity contribution in [3.63, 3.8) is 0 Å². The second kappa shape index (κ2) is 7.72. The summed E-state index contributed by atoms with van der Waals surface area (Å²) in [5.74, 6) is 1.80. The zero-order chi connectivity index (χ0) is 15.1. The smallest absolute Gasteiger partial charge is 0.119 e. The van der Waals surface area contributed by atoms with Crippen LogP contribution in [0.1, 0.15) is 33.6 Å². The molecule has 0 N–H and O–H groups in total. The molecule has 2 heteroatoms. The second-order valence-electron chi connectivity index (χ2n) is 5.33. The molecule has 2 rings (SSSR count). The van der Waals surface area contributed by atoms with Crippen molar-refractivity contribution in [1.29, 1.82) is 0 Å². The van der Waals surface area contributed by atoms with E-state index >= 15 is 0 Å².